The van der Waals surface area contributed by atoms with Crippen LogP contribution in [0.1, 0.15) is 39.0 Å². The number of carbonyl (C=O) groups is 2. The molecule has 29 heavy (non-hydrogen) atoms. The van der Waals surface area contributed by atoms with E-state index in [1.165, 1.54) is 7.11 Å². The number of methoxy groups -OCH3 is 1. The van der Waals surface area contributed by atoms with Crippen molar-refractivity contribution in [3.8, 4) is 0 Å². The molecule has 2 heterocycles. The Balaban J connectivity index is 1.36. The number of hydrogen-bond acceptors (Lipinski definition) is 8. The van der Waals surface area contributed by atoms with Crippen LogP contribution in [0.5, 0.6) is 0 Å². The SMILES string of the molecule is COCOC1C(=O)OC2OC3(OC21)C1CC2CC3CC(OC(=O)C(C)(F)F)(C2)C1. The van der Waals surface area contributed by atoms with E-state index in [2.05, 4.69) is 0 Å². The van der Waals surface area contributed by atoms with Gasteiger partial charge in [0.25, 0.3) is 0 Å². The van der Waals surface area contributed by atoms with Crippen LogP contribution in [0, 0.1) is 17.8 Å². The Labute approximate surface area is 166 Å². The van der Waals surface area contributed by atoms with Crippen LogP contribution in [0.2, 0.25) is 0 Å². The largest absolute Gasteiger partial charge is 0.455 e. The molecule has 2 aliphatic heterocycles. The van der Waals surface area contributed by atoms with Crippen LogP contribution in [0.3, 0.4) is 0 Å². The Hall–Kier alpha value is -1.36. The first kappa shape index (κ1) is 19.6. The van der Waals surface area contributed by atoms with Crippen molar-refractivity contribution in [2.45, 2.75) is 74.8 Å². The van der Waals surface area contributed by atoms with Crippen LogP contribution in [-0.4, -0.2) is 61.7 Å². The van der Waals surface area contributed by atoms with Gasteiger partial charge in [0, 0.05) is 25.9 Å². The molecule has 8 nitrogen and oxygen atoms in total. The highest BCUT2D eigenvalue weighted by molar-refractivity contribution is 5.78. The Morgan fingerprint density at radius 3 is 2.52 bits per heavy atom. The summed E-state index contributed by atoms with van der Waals surface area (Å²) in [5.41, 5.74) is -0.911. The van der Waals surface area contributed by atoms with E-state index in [4.69, 9.17) is 28.4 Å². The molecule has 4 saturated carbocycles. The first-order valence-corrected chi connectivity index (χ1v) is 9.94. The minimum Gasteiger partial charge on any atom is -0.455 e. The number of alkyl halides is 2. The molecule has 0 aromatic rings. The molecular weight excluding hydrogens is 394 g/mol. The van der Waals surface area contributed by atoms with E-state index in [1.807, 2.05) is 0 Å². The van der Waals surface area contributed by atoms with Crippen LogP contribution < -0.4 is 0 Å². The first-order valence-electron chi connectivity index (χ1n) is 9.94. The minimum atomic E-state index is -3.53. The van der Waals surface area contributed by atoms with E-state index in [0.717, 1.165) is 12.8 Å². The summed E-state index contributed by atoms with van der Waals surface area (Å²) in [5, 5.41) is 0. The number of fused-ring (bicyclic) bond motifs is 1. The van der Waals surface area contributed by atoms with Gasteiger partial charge < -0.3 is 28.4 Å². The second-order valence-corrected chi connectivity index (χ2v) is 9.03. The van der Waals surface area contributed by atoms with Crippen LogP contribution in [0.15, 0.2) is 0 Å². The first-order chi connectivity index (χ1) is 13.7. The van der Waals surface area contributed by atoms with Crippen molar-refractivity contribution in [1.82, 2.24) is 0 Å². The topological polar surface area (TPSA) is 89.5 Å². The fourth-order valence-electron chi connectivity index (χ4n) is 6.11. The molecule has 162 valence electrons. The third kappa shape index (κ3) is 2.90. The maximum absolute atomic E-state index is 13.4. The van der Waals surface area contributed by atoms with E-state index in [9.17, 15) is 18.4 Å². The Kier molecular flexibility index (Phi) is 4.27. The van der Waals surface area contributed by atoms with Gasteiger partial charge in [0.05, 0.1) is 0 Å². The van der Waals surface area contributed by atoms with Crippen molar-refractivity contribution >= 4 is 11.9 Å². The lowest BCUT2D eigenvalue weighted by Gasteiger charge is -2.62. The summed E-state index contributed by atoms with van der Waals surface area (Å²) in [7, 11) is 1.45. The summed E-state index contributed by atoms with van der Waals surface area (Å²) in [4.78, 5) is 23.9. The Morgan fingerprint density at radius 1 is 1.21 bits per heavy atom. The standard InChI is InChI=1S/C19H24F2O8/c1-17(20,21)16(23)29-18-5-9-3-10(6-18)19(11(4-9)7-18)27-13-12(25-8-24-2)14(22)26-15(13)28-19/h9-13,15H,3-8H2,1-2H3. The maximum Gasteiger partial charge on any atom is 0.377 e. The molecule has 6 aliphatic rings. The van der Waals surface area contributed by atoms with E-state index in [0.29, 0.717) is 26.2 Å². The molecule has 2 saturated heterocycles. The van der Waals surface area contributed by atoms with Crippen molar-refractivity contribution in [3.05, 3.63) is 0 Å². The molecule has 0 amide bonds. The molecule has 10 heteroatoms. The van der Waals surface area contributed by atoms with Crippen molar-refractivity contribution in [2.24, 2.45) is 17.8 Å². The highest BCUT2D eigenvalue weighted by atomic mass is 19.3. The molecule has 4 aliphatic carbocycles. The zero-order chi connectivity index (χ0) is 20.6. The summed E-state index contributed by atoms with van der Waals surface area (Å²) in [6.07, 6.45) is 0.401. The highest BCUT2D eigenvalue weighted by Gasteiger charge is 2.72. The van der Waals surface area contributed by atoms with E-state index in [-0.39, 0.29) is 24.5 Å². The number of esters is 2. The fourth-order valence-corrected chi connectivity index (χ4v) is 6.11. The van der Waals surface area contributed by atoms with Crippen LogP contribution >= 0.6 is 0 Å². The second kappa shape index (κ2) is 6.32. The molecule has 0 N–H and O–H groups in total. The predicted molar refractivity (Wildman–Crippen MR) is 88.3 cm³/mol. The van der Waals surface area contributed by atoms with E-state index >= 15 is 0 Å². The van der Waals surface area contributed by atoms with Gasteiger partial charge in [0.1, 0.15) is 12.4 Å². The van der Waals surface area contributed by atoms with Crippen molar-refractivity contribution < 1.29 is 46.8 Å². The number of hydrogen-bond donors (Lipinski definition) is 0. The quantitative estimate of drug-likeness (QED) is 0.493. The van der Waals surface area contributed by atoms with Crippen molar-refractivity contribution in [1.29, 1.82) is 0 Å². The monoisotopic (exact) mass is 418 g/mol. The lowest BCUT2D eigenvalue weighted by atomic mass is 9.51. The molecule has 6 fully saturated rings. The summed E-state index contributed by atoms with van der Waals surface area (Å²) in [6.45, 7) is 0.467. The van der Waals surface area contributed by atoms with Crippen molar-refractivity contribution in [2.75, 3.05) is 13.9 Å². The number of ether oxygens (including phenoxy) is 6. The summed E-state index contributed by atoms with van der Waals surface area (Å²) < 4.78 is 60.3. The average molecular weight is 418 g/mol. The molecule has 0 aromatic heterocycles. The van der Waals surface area contributed by atoms with Gasteiger partial charge >= 0.3 is 17.9 Å². The van der Waals surface area contributed by atoms with Gasteiger partial charge in [-0.1, -0.05) is 0 Å². The maximum atomic E-state index is 13.4. The van der Waals surface area contributed by atoms with Gasteiger partial charge in [-0.2, -0.15) is 8.78 Å². The third-order valence-electron chi connectivity index (χ3n) is 6.96. The van der Waals surface area contributed by atoms with E-state index in [1.54, 1.807) is 0 Å². The van der Waals surface area contributed by atoms with Crippen LogP contribution in [0.25, 0.3) is 0 Å². The Bertz CT molecular complexity index is 705. The molecular formula is C19H24F2O8. The smallest absolute Gasteiger partial charge is 0.377 e. The van der Waals surface area contributed by atoms with Gasteiger partial charge in [-0.05, 0) is 38.0 Å². The zero-order valence-electron chi connectivity index (χ0n) is 16.2. The summed E-state index contributed by atoms with van der Waals surface area (Å²) in [6, 6.07) is 0. The van der Waals surface area contributed by atoms with Crippen LogP contribution in [-0.2, 0) is 38.0 Å². The van der Waals surface area contributed by atoms with Gasteiger partial charge in [0.15, 0.2) is 18.0 Å². The zero-order valence-corrected chi connectivity index (χ0v) is 16.2. The number of carbonyl (C=O) groups excluding carboxylic acids is 2. The predicted octanol–water partition coefficient (Wildman–Crippen LogP) is 1.75. The van der Waals surface area contributed by atoms with Gasteiger partial charge in [-0.15, -0.1) is 0 Å². The minimum absolute atomic E-state index is 0.0848. The highest BCUT2D eigenvalue weighted by Crippen LogP contribution is 2.65. The van der Waals surface area contributed by atoms with Crippen molar-refractivity contribution in [3.63, 3.8) is 0 Å². The second-order valence-electron chi connectivity index (χ2n) is 9.03. The summed E-state index contributed by atoms with van der Waals surface area (Å²) >= 11 is 0. The van der Waals surface area contributed by atoms with Crippen LogP contribution in [0.4, 0.5) is 8.78 Å². The number of halogens is 2. The lowest BCUT2D eigenvalue weighted by Crippen LogP contribution is -2.66. The average Bonchev–Trinajstić information content (AvgIpc) is 3.11. The van der Waals surface area contributed by atoms with E-state index < -0.39 is 47.7 Å². The normalized spacial score (nSPS) is 47.5. The Morgan fingerprint density at radius 2 is 1.90 bits per heavy atom. The third-order valence-corrected chi connectivity index (χ3v) is 6.96. The lowest BCUT2D eigenvalue weighted by molar-refractivity contribution is -0.338. The number of rotatable bonds is 5. The fraction of sp³-hybridized carbons (Fsp3) is 0.895. The molecule has 0 radical (unpaired) electrons. The molecule has 6 rings (SSSR count). The summed E-state index contributed by atoms with van der Waals surface area (Å²) in [5.74, 6) is -6.58. The molecule has 5 unspecified atom stereocenters. The molecule has 5 atom stereocenters. The van der Waals surface area contributed by atoms with Gasteiger partial charge in [-0.25, -0.2) is 9.59 Å². The van der Waals surface area contributed by atoms with Gasteiger partial charge in [0.2, 0.25) is 6.29 Å². The molecule has 0 aromatic carbocycles. The molecule has 1 spiro atoms. The molecule has 4 bridgehead atoms. The van der Waals surface area contributed by atoms with Gasteiger partial charge in [-0.3, -0.25) is 0 Å².